The molecule has 1 amide bonds. The summed E-state index contributed by atoms with van der Waals surface area (Å²) in [6.07, 6.45) is 1.03. The van der Waals surface area contributed by atoms with Crippen molar-refractivity contribution in [3.8, 4) is 0 Å². The van der Waals surface area contributed by atoms with Crippen LogP contribution in [0.3, 0.4) is 0 Å². The molecule has 1 aliphatic rings. The van der Waals surface area contributed by atoms with Crippen LogP contribution in [0.25, 0.3) is 0 Å². The van der Waals surface area contributed by atoms with E-state index in [0.29, 0.717) is 24.9 Å². The lowest BCUT2D eigenvalue weighted by molar-refractivity contribution is -0.119. The fourth-order valence-corrected chi connectivity index (χ4v) is 2.89. The van der Waals surface area contributed by atoms with Gasteiger partial charge in [0, 0.05) is 17.7 Å². The summed E-state index contributed by atoms with van der Waals surface area (Å²) < 4.78 is 0. The molecule has 5 nitrogen and oxygen atoms in total. The summed E-state index contributed by atoms with van der Waals surface area (Å²) in [5, 5.41) is 11.7. The van der Waals surface area contributed by atoms with Gasteiger partial charge in [-0.05, 0) is 42.7 Å². The highest BCUT2D eigenvalue weighted by atomic mass is 16.4. The molecule has 3 rings (SSSR count). The number of Topliss-reactive ketones (excluding diaryl/α,β-unsaturated/α-hetero) is 1. The molecule has 0 aromatic heterocycles. The van der Waals surface area contributed by atoms with E-state index in [1.54, 1.807) is 23.1 Å². The highest BCUT2D eigenvalue weighted by Gasteiger charge is 2.25. The quantitative estimate of drug-likeness (QED) is 0.407. The molecule has 0 spiro atoms. The summed E-state index contributed by atoms with van der Waals surface area (Å²) in [6, 6.07) is 15.1. The van der Waals surface area contributed by atoms with E-state index in [9.17, 15) is 9.59 Å². The molecule has 0 bridgehead atoms. The Morgan fingerprint density at radius 2 is 1.92 bits per heavy atom. The molecule has 0 radical (unpaired) electrons. The van der Waals surface area contributed by atoms with E-state index in [1.165, 1.54) is 6.92 Å². The standard InChI is InChI=1S/C19H18N2O3/c1-13(20-24)19(23)16-7-9-17-15(11-16)8-10-18(22)21(17)12-14-5-3-2-4-6-14/h2-7,9,11,24H,8,10,12H2,1H3. The number of rotatable bonds is 4. The fourth-order valence-electron chi connectivity index (χ4n) is 2.89. The van der Waals surface area contributed by atoms with Gasteiger partial charge in [0.2, 0.25) is 11.7 Å². The number of carbonyl (C=O) groups is 2. The smallest absolute Gasteiger partial charge is 0.227 e. The van der Waals surface area contributed by atoms with Gasteiger partial charge in [0.1, 0.15) is 5.71 Å². The van der Waals surface area contributed by atoms with Gasteiger partial charge in [-0.15, -0.1) is 0 Å². The summed E-state index contributed by atoms with van der Waals surface area (Å²) in [5.41, 5.74) is 3.37. The maximum Gasteiger partial charge on any atom is 0.227 e. The fraction of sp³-hybridized carbons (Fsp3) is 0.211. The summed E-state index contributed by atoms with van der Waals surface area (Å²) in [7, 11) is 0. The minimum absolute atomic E-state index is 0.0444. The molecular formula is C19H18N2O3. The van der Waals surface area contributed by atoms with Crippen molar-refractivity contribution < 1.29 is 14.8 Å². The van der Waals surface area contributed by atoms with Crippen LogP contribution < -0.4 is 4.90 Å². The molecule has 1 aliphatic heterocycles. The third kappa shape index (κ3) is 3.06. The number of fused-ring (bicyclic) bond motifs is 1. The Morgan fingerprint density at radius 1 is 1.17 bits per heavy atom. The van der Waals surface area contributed by atoms with E-state index in [0.717, 1.165) is 16.8 Å². The lowest BCUT2D eigenvalue weighted by Crippen LogP contribution is -2.34. The van der Waals surface area contributed by atoms with Crippen LogP contribution in [0.5, 0.6) is 0 Å². The highest BCUT2D eigenvalue weighted by molar-refractivity contribution is 6.45. The minimum atomic E-state index is -0.313. The van der Waals surface area contributed by atoms with Gasteiger partial charge in [-0.2, -0.15) is 0 Å². The van der Waals surface area contributed by atoms with Crippen molar-refractivity contribution in [1.29, 1.82) is 0 Å². The van der Waals surface area contributed by atoms with Gasteiger partial charge in [-0.25, -0.2) is 0 Å². The molecule has 5 heteroatoms. The number of nitrogens with zero attached hydrogens (tertiary/aromatic N) is 2. The number of benzene rings is 2. The van der Waals surface area contributed by atoms with Gasteiger partial charge < -0.3 is 10.1 Å². The predicted octanol–water partition coefficient (Wildman–Crippen LogP) is 3.20. The van der Waals surface area contributed by atoms with Gasteiger partial charge in [0.25, 0.3) is 0 Å². The zero-order valence-corrected chi connectivity index (χ0v) is 13.4. The molecule has 1 N–H and O–H groups in total. The lowest BCUT2D eigenvalue weighted by Gasteiger charge is -2.30. The largest absolute Gasteiger partial charge is 0.411 e. The Bertz CT molecular complexity index is 813. The number of hydrogen-bond acceptors (Lipinski definition) is 4. The average Bonchev–Trinajstić information content (AvgIpc) is 2.63. The number of ketones is 1. The summed E-state index contributed by atoms with van der Waals surface area (Å²) in [4.78, 5) is 26.2. The Kier molecular flexibility index (Phi) is 4.42. The van der Waals surface area contributed by atoms with E-state index in [4.69, 9.17) is 5.21 Å². The number of aryl methyl sites for hydroxylation is 1. The van der Waals surface area contributed by atoms with Gasteiger partial charge in [-0.3, -0.25) is 9.59 Å². The monoisotopic (exact) mass is 322 g/mol. The van der Waals surface area contributed by atoms with Gasteiger partial charge in [-0.1, -0.05) is 35.5 Å². The number of anilines is 1. The second kappa shape index (κ2) is 6.66. The van der Waals surface area contributed by atoms with Crippen molar-refractivity contribution in [3.05, 3.63) is 65.2 Å². The molecule has 2 aromatic carbocycles. The molecule has 24 heavy (non-hydrogen) atoms. The molecule has 0 saturated heterocycles. The number of carbonyl (C=O) groups excluding carboxylic acids is 2. The Labute approximate surface area is 140 Å². The van der Waals surface area contributed by atoms with Crippen molar-refractivity contribution in [2.24, 2.45) is 5.16 Å². The molecule has 0 saturated carbocycles. The summed E-state index contributed by atoms with van der Waals surface area (Å²) in [6.45, 7) is 1.98. The Hall–Kier alpha value is -2.95. The third-order valence-corrected chi connectivity index (χ3v) is 4.20. The van der Waals surface area contributed by atoms with Crippen LogP contribution in [0.2, 0.25) is 0 Å². The van der Waals surface area contributed by atoms with Crippen LogP contribution in [0.1, 0.15) is 34.8 Å². The molecule has 2 aromatic rings. The zero-order valence-electron chi connectivity index (χ0n) is 13.4. The van der Waals surface area contributed by atoms with Gasteiger partial charge in [0.05, 0.1) is 6.54 Å². The summed E-state index contributed by atoms with van der Waals surface area (Å²) >= 11 is 0. The van der Waals surface area contributed by atoms with E-state index in [1.807, 2.05) is 30.3 Å². The van der Waals surface area contributed by atoms with Crippen molar-refractivity contribution in [3.63, 3.8) is 0 Å². The third-order valence-electron chi connectivity index (χ3n) is 4.20. The number of hydrogen-bond donors (Lipinski definition) is 1. The molecule has 122 valence electrons. The van der Waals surface area contributed by atoms with Crippen LogP contribution in [0, 0.1) is 0 Å². The Balaban J connectivity index is 1.93. The zero-order chi connectivity index (χ0) is 17.1. The van der Waals surface area contributed by atoms with Crippen molar-refractivity contribution >= 4 is 23.1 Å². The van der Waals surface area contributed by atoms with Crippen molar-refractivity contribution in [1.82, 2.24) is 0 Å². The second-order valence-corrected chi connectivity index (χ2v) is 5.82. The highest BCUT2D eigenvalue weighted by Crippen LogP contribution is 2.30. The van der Waals surface area contributed by atoms with Crippen LogP contribution in [-0.2, 0) is 17.8 Å². The molecule has 0 unspecified atom stereocenters. The number of amides is 1. The lowest BCUT2D eigenvalue weighted by atomic mass is 9.96. The van der Waals surface area contributed by atoms with Gasteiger partial charge in [0.15, 0.2) is 0 Å². The molecule has 0 fully saturated rings. The van der Waals surface area contributed by atoms with E-state index in [-0.39, 0.29) is 17.4 Å². The van der Waals surface area contributed by atoms with Crippen molar-refractivity contribution in [2.45, 2.75) is 26.3 Å². The molecule has 1 heterocycles. The first-order chi connectivity index (χ1) is 11.6. The summed E-state index contributed by atoms with van der Waals surface area (Å²) in [5.74, 6) is -0.231. The van der Waals surface area contributed by atoms with Crippen LogP contribution >= 0.6 is 0 Å². The van der Waals surface area contributed by atoms with Crippen molar-refractivity contribution in [2.75, 3.05) is 4.90 Å². The first-order valence-electron chi connectivity index (χ1n) is 7.80. The van der Waals surface area contributed by atoms with E-state index in [2.05, 4.69) is 5.16 Å². The van der Waals surface area contributed by atoms with Gasteiger partial charge >= 0.3 is 0 Å². The predicted molar refractivity (Wildman–Crippen MR) is 91.6 cm³/mol. The van der Waals surface area contributed by atoms with E-state index < -0.39 is 0 Å². The maximum absolute atomic E-state index is 12.3. The normalized spacial score (nSPS) is 14.5. The van der Waals surface area contributed by atoms with E-state index >= 15 is 0 Å². The van der Waals surface area contributed by atoms with Crippen LogP contribution in [0.4, 0.5) is 5.69 Å². The molecule has 0 aliphatic carbocycles. The topological polar surface area (TPSA) is 70.0 Å². The first-order valence-corrected chi connectivity index (χ1v) is 7.80. The molecular weight excluding hydrogens is 304 g/mol. The first kappa shape index (κ1) is 15.9. The second-order valence-electron chi connectivity index (χ2n) is 5.82. The van der Waals surface area contributed by atoms with Crippen LogP contribution in [0.15, 0.2) is 53.7 Å². The number of oxime groups is 1. The SMILES string of the molecule is CC(=NO)C(=O)c1ccc2c(c1)CCC(=O)N2Cc1ccccc1. The Morgan fingerprint density at radius 3 is 2.62 bits per heavy atom. The van der Waals surface area contributed by atoms with Crippen LogP contribution in [-0.4, -0.2) is 22.6 Å². The minimum Gasteiger partial charge on any atom is -0.411 e. The maximum atomic E-state index is 12.3. The molecule has 0 atom stereocenters. The average molecular weight is 322 g/mol.